The average molecular weight is 285 g/mol. The highest BCUT2D eigenvalue weighted by Crippen LogP contribution is 2.35. The Morgan fingerprint density at radius 1 is 1.33 bits per heavy atom. The molecule has 0 bridgehead atoms. The van der Waals surface area contributed by atoms with E-state index in [0.717, 1.165) is 18.7 Å². The standard InChI is InChI=1S/C12H14Cl2N4/c1-2-4-9-17-11(12(15)18(9)16)7-5-3-6-8(13)10(7)14/h3,5-6H,2,4,15-16H2,1H3. The van der Waals surface area contributed by atoms with E-state index in [1.54, 1.807) is 12.1 Å². The molecule has 1 aromatic heterocycles. The van der Waals surface area contributed by atoms with Crippen molar-refractivity contribution in [2.45, 2.75) is 19.8 Å². The van der Waals surface area contributed by atoms with Gasteiger partial charge in [0.15, 0.2) is 5.82 Å². The van der Waals surface area contributed by atoms with E-state index in [-0.39, 0.29) is 0 Å². The highest BCUT2D eigenvalue weighted by Gasteiger charge is 2.17. The number of hydrogen-bond donors (Lipinski definition) is 2. The first-order valence-corrected chi connectivity index (χ1v) is 6.38. The number of hydrogen-bond acceptors (Lipinski definition) is 3. The normalized spacial score (nSPS) is 10.8. The van der Waals surface area contributed by atoms with Crippen LogP contribution in [0.4, 0.5) is 5.82 Å². The van der Waals surface area contributed by atoms with Crippen LogP contribution in [0.15, 0.2) is 18.2 Å². The van der Waals surface area contributed by atoms with Crippen LogP contribution in [0.2, 0.25) is 10.0 Å². The third kappa shape index (κ3) is 2.13. The van der Waals surface area contributed by atoms with Gasteiger partial charge in [-0.2, -0.15) is 0 Å². The summed E-state index contributed by atoms with van der Waals surface area (Å²) in [4.78, 5) is 4.44. The van der Waals surface area contributed by atoms with Gasteiger partial charge in [0, 0.05) is 12.0 Å². The molecule has 18 heavy (non-hydrogen) atoms. The van der Waals surface area contributed by atoms with Crippen LogP contribution >= 0.6 is 23.2 Å². The van der Waals surface area contributed by atoms with Crippen molar-refractivity contribution in [2.24, 2.45) is 0 Å². The van der Waals surface area contributed by atoms with Crippen LogP contribution in [-0.2, 0) is 6.42 Å². The first kappa shape index (κ1) is 13.1. The van der Waals surface area contributed by atoms with Crippen molar-refractivity contribution in [3.8, 4) is 11.3 Å². The lowest BCUT2D eigenvalue weighted by molar-refractivity contribution is 0.794. The summed E-state index contributed by atoms with van der Waals surface area (Å²) in [5.41, 5.74) is 7.23. The van der Waals surface area contributed by atoms with Gasteiger partial charge in [-0.15, -0.1) is 0 Å². The maximum absolute atomic E-state index is 6.16. The zero-order valence-electron chi connectivity index (χ0n) is 9.95. The van der Waals surface area contributed by atoms with Gasteiger partial charge in [-0.3, -0.25) is 0 Å². The highest BCUT2D eigenvalue weighted by atomic mass is 35.5. The fraction of sp³-hybridized carbons (Fsp3) is 0.250. The number of aryl methyl sites for hydroxylation is 1. The molecule has 0 aliphatic carbocycles. The van der Waals surface area contributed by atoms with E-state index < -0.39 is 0 Å². The van der Waals surface area contributed by atoms with Gasteiger partial charge in [-0.25, -0.2) is 9.66 Å². The van der Waals surface area contributed by atoms with Gasteiger partial charge < -0.3 is 11.6 Å². The molecule has 0 radical (unpaired) electrons. The molecule has 2 aromatic rings. The molecule has 0 amide bonds. The molecule has 1 aromatic carbocycles. The molecule has 1 heterocycles. The number of nitrogens with two attached hydrogens (primary N) is 2. The van der Waals surface area contributed by atoms with Gasteiger partial charge in [0.1, 0.15) is 11.5 Å². The molecule has 4 nitrogen and oxygen atoms in total. The molecular formula is C12H14Cl2N4. The molecule has 0 unspecified atom stereocenters. The molecule has 0 spiro atoms. The Morgan fingerprint density at radius 3 is 2.72 bits per heavy atom. The maximum atomic E-state index is 6.16. The second-order valence-electron chi connectivity index (χ2n) is 3.98. The van der Waals surface area contributed by atoms with Gasteiger partial charge in [-0.05, 0) is 12.5 Å². The van der Waals surface area contributed by atoms with Crippen LogP contribution in [0, 0.1) is 0 Å². The highest BCUT2D eigenvalue weighted by molar-refractivity contribution is 6.43. The molecule has 6 heteroatoms. The summed E-state index contributed by atoms with van der Waals surface area (Å²) in [6, 6.07) is 5.34. The fourth-order valence-corrected chi connectivity index (χ4v) is 2.17. The van der Waals surface area contributed by atoms with Crippen LogP contribution in [0.3, 0.4) is 0 Å². The van der Waals surface area contributed by atoms with Crippen LogP contribution in [0.25, 0.3) is 11.3 Å². The van der Waals surface area contributed by atoms with E-state index in [2.05, 4.69) is 11.9 Å². The SMILES string of the molecule is CCCc1nc(-c2cccc(Cl)c2Cl)c(N)n1N. The number of rotatable bonds is 3. The lowest BCUT2D eigenvalue weighted by Gasteiger charge is -2.04. The number of benzene rings is 1. The summed E-state index contributed by atoms with van der Waals surface area (Å²) in [7, 11) is 0. The van der Waals surface area contributed by atoms with Gasteiger partial charge in [-0.1, -0.05) is 42.3 Å². The van der Waals surface area contributed by atoms with Crippen molar-refractivity contribution in [2.75, 3.05) is 11.6 Å². The Morgan fingerprint density at radius 2 is 2.06 bits per heavy atom. The fourth-order valence-electron chi connectivity index (χ4n) is 1.78. The van der Waals surface area contributed by atoms with Crippen LogP contribution in [0.1, 0.15) is 19.2 Å². The Bertz CT molecular complexity index is 578. The Balaban J connectivity index is 2.57. The summed E-state index contributed by atoms with van der Waals surface area (Å²) in [6.45, 7) is 2.05. The van der Waals surface area contributed by atoms with E-state index >= 15 is 0 Å². The molecule has 4 N–H and O–H groups in total. The Kier molecular flexibility index (Phi) is 3.68. The molecule has 0 aliphatic rings. The number of nitrogen functional groups attached to an aromatic ring is 2. The summed E-state index contributed by atoms with van der Waals surface area (Å²) < 4.78 is 1.40. The average Bonchev–Trinajstić information content (AvgIpc) is 2.62. The molecule has 0 fully saturated rings. The largest absolute Gasteiger partial charge is 0.382 e. The zero-order valence-corrected chi connectivity index (χ0v) is 11.5. The second-order valence-corrected chi connectivity index (χ2v) is 4.77. The molecule has 0 aliphatic heterocycles. The minimum absolute atomic E-state index is 0.391. The molecule has 96 valence electrons. The van der Waals surface area contributed by atoms with Crippen molar-refractivity contribution in [3.63, 3.8) is 0 Å². The topological polar surface area (TPSA) is 69.9 Å². The summed E-state index contributed by atoms with van der Waals surface area (Å²) in [5.74, 6) is 7.00. The summed E-state index contributed by atoms with van der Waals surface area (Å²) >= 11 is 12.1. The molecule has 0 saturated carbocycles. The lowest BCUT2D eigenvalue weighted by Crippen LogP contribution is -2.15. The number of anilines is 1. The second kappa shape index (κ2) is 5.08. The molecule has 0 saturated heterocycles. The van der Waals surface area contributed by atoms with Crippen LogP contribution in [0.5, 0.6) is 0 Å². The monoisotopic (exact) mass is 284 g/mol. The summed E-state index contributed by atoms with van der Waals surface area (Å²) in [6.07, 6.45) is 1.70. The third-order valence-corrected chi connectivity index (χ3v) is 3.52. The molecule has 2 rings (SSSR count). The molecule has 0 atom stereocenters. The van der Waals surface area contributed by atoms with E-state index in [1.165, 1.54) is 4.68 Å². The van der Waals surface area contributed by atoms with Gasteiger partial charge in [0.05, 0.1) is 10.0 Å². The van der Waals surface area contributed by atoms with Gasteiger partial charge >= 0.3 is 0 Å². The lowest BCUT2D eigenvalue weighted by atomic mass is 10.1. The number of imidazole rings is 1. The zero-order chi connectivity index (χ0) is 13.3. The van der Waals surface area contributed by atoms with E-state index in [9.17, 15) is 0 Å². The van der Waals surface area contributed by atoms with Crippen molar-refractivity contribution in [1.82, 2.24) is 9.66 Å². The van der Waals surface area contributed by atoms with Crippen molar-refractivity contribution in [1.29, 1.82) is 0 Å². The van der Waals surface area contributed by atoms with Crippen LogP contribution in [-0.4, -0.2) is 9.66 Å². The van der Waals surface area contributed by atoms with Crippen LogP contribution < -0.4 is 11.6 Å². The number of halogens is 2. The Labute approximate surface area is 115 Å². The van der Waals surface area contributed by atoms with Crippen molar-refractivity contribution >= 4 is 29.0 Å². The quantitative estimate of drug-likeness (QED) is 0.851. The van der Waals surface area contributed by atoms with E-state index in [1.807, 2.05) is 6.07 Å². The van der Waals surface area contributed by atoms with Crippen molar-refractivity contribution in [3.05, 3.63) is 34.1 Å². The first-order chi connectivity index (χ1) is 8.56. The van der Waals surface area contributed by atoms with Gasteiger partial charge in [0.25, 0.3) is 0 Å². The third-order valence-electron chi connectivity index (χ3n) is 2.70. The minimum Gasteiger partial charge on any atom is -0.382 e. The summed E-state index contributed by atoms with van der Waals surface area (Å²) in [5, 5.41) is 0.907. The van der Waals surface area contributed by atoms with Crippen molar-refractivity contribution < 1.29 is 0 Å². The molecular weight excluding hydrogens is 271 g/mol. The smallest absolute Gasteiger partial charge is 0.150 e. The van der Waals surface area contributed by atoms with Gasteiger partial charge in [0.2, 0.25) is 0 Å². The Hall–Kier alpha value is -1.39. The number of nitrogens with zero attached hydrogens (tertiary/aromatic N) is 2. The minimum atomic E-state index is 0.391. The first-order valence-electron chi connectivity index (χ1n) is 5.62. The van der Waals surface area contributed by atoms with E-state index in [0.29, 0.717) is 27.1 Å². The predicted octanol–water partition coefficient (Wildman–Crippen LogP) is 3.11. The maximum Gasteiger partial charge on any atom is 0.150 e. The predicted molar refractivity (Wildman–Crippen MR) is 76.2 cm³/mol. The van der Waals surface area contributed by atoms with E-state index in [4.69, 9.17) is 34.8 Å². The number of aromatic nitrogens is 2.